The molecule has 2 atom stereocenters. The Morgan fingerprint density at radius 1 is 1.29 bits per heavy atom. The first-order valence-corrected chi connectivity index (χ1v) is 12.5. The highest BCUT2D eigenvalue weighted by Gasteiger charge is 2.57. The van der Waals surface area contributed by atoms with Crippen molar-refractivity contribution in [3.05, 3.63) is 59.9 Å². The van der Waals surface area contributed by atoms with E-state index in [2.05, 4.69) is 26.7 Å². The van der Waals surface area contributed by atoms with Crippen molar-refractivity contribution in [2.45, 2.75) is 43.4 Å². The Labute approximate surface area is 202 Å². The van der Waals surface area contributed by atoms with E-state index in [0.717, 1.165) is 66.9 Å². The highest BCUT2D eigenvalue weighted by molar-refractivity contribution is 7.99. The number of rotatable bonds is 9. The SMILES string of the molecule is C=C/C=N\C(=C/C)c1nnc(SCCCN2CCC3(CC3c3ccc(C(F)(F)F)cc3)C2)n1C. The van der Waals surface area contributed by atoms with Gasteiger partial charge in [-0.15, -0.1) is 10.2 Å². The van der Waals surface area contributed by atoms with E-state index in [0.29, 0.717) is 5.92 Å². The topological polar surface area (TPSA) is 46.3 Å². The van der Waals surface area contributed by atoms with Crippen LogP contribution in [0.5, 0.6) is 0 Å². The van der Waals surface area contributed by atoms with Crippen molar-refractivity contribution in [2.75, 3.05) is 25.4 Å². The van der Waals surface area contributed by atoms with Crippen LogP contribution in [-0.4, -0.2) is 51.3 Å². The summed E-state index contributed by atoms with van der Waals surface area (Å²) in [4.78, 5) is 6.84. The minimum atomic E-state index is -4.27. The average molecular weight is 490 g/mol. The van der Waals surface area contributed by atoms with Gasteiger partial charge in [0.1, 0.15) is 5.70 Å². The first-order valence-electron chi connectivity index (χ1n) is 11.5. The molecule has 2 heterocycles. The summed E-state index contributed by atoms with van der Waals surface area (Å²) in [6, 6.07) is 5.76. The molecule has 2 aliphatic rings. The lowest BCUT2D eigenvalue weighted by Gasteiger charge is -2.16. The van der Waals surface area contributed by atoms with Crippen molar-refractivity contribution in [1.29, 1.82) is 0 Å². The zero-order valence-electron chi connectivity index (χ0n) is 19.6. The third-order valence-corrected chi connectivity index (χ3v) is 7.91. The molecule has 1 saturated carbocycles. The lowest BCUT2D eigenvalue weighted by atomic mass is 9.97. The molecule has 5 nitrogen and oxygen atoms in total. The van der Waals surface area contributed by atoms with Crippen molar-refractivity contribution in [3.8, 4) is 0 Å². The van der Waals surface area contributed by atoms with Gasteiger partial charge >= 0.3 is 6.18 Å². The number of benzene rings is 1. The molecule has 1 aliphatic heterocycles. The number of thioether (sulfide) groups is 1. The molecule has 0 radical (unpaired) electrons. The first-order chi connectivity index (χ1) is 16.3. The molecule has 1 saturated heterocycles. The molecule has 1 spiro atoms. The molecule has 2 unspecified atom stereocenters. The third-order valence-electron chi connectivity index (χ3n) is 6.80. The van der Waals surface area contributed by atoms with Gasteiger partial charge in [-0.3, -0.25) is 4.99 Å². The number of aliphatic imine (C=N–C) groups is 1. The van der Waals surface area contributed by atoms with E-state index in [1.54, 1.807) is 36.2 Å². The van der Waals surface area contributed by atoms with E-state index in [9.17, 15) is 13.2 Å². The van der Waals surface area contributed by atoms with Crippen molar-refractivity contribution in [2.24, 2.45) is 17.5 Å². The van der Waals surface area contributed by atoms with Gasteiger partial charge in [0, 0.05) is 25.6 Å². The van der Waals surface area contributed by atoms with Crippen LogP contribution in [0.1, 0.15) is 49.1 Å². The van der Waals surface area contributed by atoms with Gasteiger partial charge in [-0.2, -0.15) is 13.2 Å². The lowest BCUT2D eigenvalue weighted by molar-refractivity contribution is -0.137. The lowest BCUT2D eigenvalue weighted by Crippen LogP contribution is -2.23. The van der Waals surface area contributed by atoms with Crippen LogP contribution in [0, 0.1) is 5.41 Å². The third kappa shape index (κ3) is 5.30. The molecule has 9 heteroatoms. The second-order valence-corrected chi connectivity index (χ2v) is 10.1. The number of nitrogens with zero attached hydrogens (tertiary/aromatic N) is 5. The predicted octanol–water partition coefficient (Wildman–Crippen LogP) is 5.81. The van der Waals surface area contributed by atoms with E-state index < -0.39 is 11.7 Å². The van der Waals surface area contributed by atoms with Gasteiger partial charge in [0.15, 0.2) is 11.0 Å². The summed E-state index contributed by atoms with van der Waals surface area (Å²) in [5.74, 6) is 2.06. The van der Waals surface area contributed by atoms with Crippen LogP contribution in [-0.2, 0) is 13.2 Å². The Hall–Kier alpha value is -2.39. The average Bonchev–Trinajstić information content (AvgIpc) is 3.17. The van der Waals surface area contributed by atoms with Crippen LogP contribution in [0.4, 0.5) is 13.2 Å². The van der Waals surface area contributed by atoms with Crippen LogP contribution in [0.15, 0.2) is 53.1 Å². The Balaban J connectivity index is 1.23. The number of alkyl halides is 3. The molecular formula is C25H30F3N5S. The summed E-state index contributed by atoms with van der Waals surface area (Å²) in [6.45, 7) is 8.67. The summed E-state index contributed by atoms with van der Waals surface area (Å²) in [5.41, 5.74) is 1.48. The number of hydrogen-bond acceptors (Lipinski definition) is 5. The Morgan fingerprint density at radius 2 is 2.06 bits per heavy atom. The number of aromatic nitrogens is 3. The summed E-state index contributed by atoms with van der Waals surface area (Å²) >= 11 is 1.69. The van der Waals surface area contributed by atoms with Crippen LogP contribution in [0.2, 0.25) is 0 Å². The van der Waals surface area contributed by atoms with E-state index >= 15 is 0 Å². The van der Waals surface area contributed by atoms with Crippen LogP contribution >= 0.6 is 11.8 Å². The molecule has 2 fully saturated rings. The van der Waals surface area contributed by atoms with E-state index in [1.165, 1.54) is 12.1 Å². The van der Waals surface area contributed by atoms with Crippen LogP contribution in [0.3, 0.4) is 0 Å². The number of likely N-dealkylation sites (tertiary alicyclic amines) is 1. The van der Waals surface area contributed by atoms with E-state index in [1.807, 2.05) is 24.6 Å². The summed E-state index contributed by atoms with van der Waals surface area (Å²) in [7, 11) is 1.95. The Morgan fingerprint density at radius 3 is 2.74 bits per heavy atom. The molecule has 1 aromatic heterocycles. The van der Waals surface area contributed by atoms with Gasteiger partial charge in [-0.05, 0) is 68.3 Å². The molecule has 4 rings (SSSR count). The van der Waals surface area contributed by atoms with E-state index in [-0.39, 0.29) is 5.41 Å². The maximum Gasteiger partial charge on any atom is 0.416 e. The number of halogens is 3. The van der Waals surface area contributed by atoms with Gasteiger partial charge < -0.3 is 9.47 Å². The minimum absolute atomic E-state index is 0.250. The molecule has 0 bridgehead atoms. The smallest absolute Gasteiger partial charge is 0.304 e. The zero-order chi connectivity index (χ0) is 24.3. The summed E-state index contributed by atoms with van der Waals surface area (Å²) in [6.07, 6.45) is 4.13. The van der Waals surface area contributed by atoms with Crippen molar-refractivity contribution >= 4 is 23.7 Å². The standard InChI is InChI=1S/C25H30F3N5S/c1-4-12-29-21(5-2)22-30-31-23(32(22)3)34-15-6-13-33-14-11-24(17-33)16-20(24)18-7-9-19(10-8-18)25(26,27)28/h4-5,7-10,12,20H,1,6,11,13-17H2,2-3H3/b21-5-,29-12-. The fourth-order valence-electron chi connectivity index (χ4n) is 4.86. The first kappa shape index (κ1) is 24.7. The maximum absolute atomic E-state index is 12.8. The highest BCUT2D eigenvalue weighted by atomic mass is 32.2. The molecule has 1 aliphatic carbocycles. The molecule has 2 aromatic rings. The maximum atomic E-state index is 12.8. The Kier molecular flexibility index (Phi) is 7.33. The van der Waals surface area contributed by atoms with Gasteiger partial charge in [0.2, 0.25) is 0 Å². The molecule has 34 heavy (non-hydrogen) atoms. The van der Waals surface area contributed by atoms with E-state index in [4.69, 9.17) is 0 Å². The van der Waals surface area contributed by atoms with Crippen LogP contribution < -0.4 is 0 Å². The largest absolute Gasteiger partial charge is 0.416 e. The normalized spacial score (nSPS) is 23.3. The van der Waals surface area contributed by atoms with Gasteiger partial charge in [-0.1, -0.05) is 42.6 Å². The van der Waals surface area contributed by atoms with Gasteiger partial charge in [0.25, 0.3) is 0 Å². The minimum Gasteiger partial charge on any atom is -0.304 e. The molecule has 182 valence electrons. The summed E-state index contributed by atoms with van der Waals surface area (Å²) in [5, 5.41) is 9.46. The number of hydrogen-bond donors (Lipinski definition) is 0. The van der Waals surface area contributed by atoms with Gasteiger partial charge in [0.05, 0.1) is 5.56 Å². The molecule has 1 aromatic carbocycles. The van der Waals surface area contributed by atoms with Gasteiger partial charge in [-0.25, -0.2) is 0 Å². The van der Waals surface area contributed by atoms with Crippen molar-refractivity contribution in [3.63, 3.8) is 0 Å². The molecule has 0 N–H and O–H groups in total. The summed E-state index contributed by atoms with van der Waals surface area (Å²) < 4.78 is 40.5. The quantitative estimate of drug-likeness (QED) is 0.253. The monoisotopic (exact) mass is 489 g/mol. The zero-order valence-corrected chi connectivity index (χ0v) is 20.4. The fourth-order valence-corrected chi connectivity index (χ4v) is 5.69. The highest BCUT2D eigenvalue weighted by Crippen LogP contribution is 2.64. The molecule has 0 amide bonds. The second kappa shape index (κ2) is 10.1. The van der Waals surface area contributed by atoms with Crippen molar-refractivity contribution < 1.29 is 13.2 Å². The second-order valence-electron chi connectivity index (χ2n) is 9.02. The Bertz CT molecular complexity index is 1070. The number of allylic oxidation sites excluding steroid dienone is 2. The van der Waals surface area contributed by atoms with Crippen molar-refractivity contribution in [1.82, 2.24) is 19.7 Å². The predicted molar refractivity (Wildman–Crippen MR) is 131 cm³/mol. The fraction of sp³-hybridized carbons (Fsp3) is 0.480. The van der Waals surface area contributed by atoms with Crippen LogP contribution in [0.25, 0.3) is 5.70 Å². The molecular weight excluding hydrogens is 459 g/mol.